The Morgan fingerprint density at radius 3 is 2.30 bits per heavy atom. The molecule has 0 bridgehead atoms. The molecule has 1 atom stereocenters. The molecule has 352 valence electrons. The van der Waals surface area contributed by atoms with Crippen molar-refractivity contribution in [1.82, 2.24) is 30.0 Å². The number of fused-ring (bicyclic) bond motifs is 1. The van der Waals surface area contributed by atoms with Crippen LogP contribution < -0.4 is 36.6 Å². The molecular formula is C47H61N11O8. The number of ether oxygens (including phenoxy) is 2. The molecule has 66 heavy (non-hydrogen) atoms. The fourth-order valence-electron chi connectivity index (χ4n) is 9.64. The third kappa shape index (κ3) is 10.4. The van der Waals surface area contributed by atoms with Crippen molar-refractivity contribution in [2.24, 2.45) is 5.73 Å². The highest BCUT2D eigenvalue weighted by Crippen LogP contribution is 2.36. The van der Waals surface area contributed by atoms with Crippen LogP contribution in [0.15, 0.2) is 36.4 Å². The van der Waals surface area contributed by atoms with E-state index in [-0.39, 0.29) is 47.4 Å². The fourth-order valence-corrected chi connectivity index (χ4v) is 9.64. The van der Waals surface area contributed by atoms with Gasteiger partial charge in [0.15, 0.2) is 17.3 Å². The van der Waals surface area contributed by atoms with Gasteiger partial charge in [-0.1, -0.05) is 13.3 Å². The average molecular weight is 908 g/mol. The number of aromatic nitrogens is 2. The van der Waals surface area contributed by atoms with E-state index in [9.17, 15) is 28.8 Å². The molecule has 5 aliphatic rings. The normalized spacial score (nSPS) is 19.7. The highest BCUT2D eigenvalue weighted by atomic mass is 16.5. The van der Waals surface area contributed by atoms with Crippen LogP contribution in [0.25, 0.3) is 0 Å². The number of primary amides is 1. The molecule has 2 aromatic carbocycles. The highest BCUT2D eigenvalue weighted by molar-refractivity contribution is 6.23. The van der Waals surface area contributed by atoms with Crippen molar-refractivity contribution >= 4 is 64.1 Å². The minimum absolute atomic E-state index is 0.0728. The number of hydrogen-bond donors (Lipinski definition) is 5. The Morgan fingerprint density at radius 1 is 0.848 bits per heavy atom. The second kappa shape index (κ2) is 20.9. The van der Waals surface area contributed by atoms with Crippen LogP contribution in [0.3, 0.4) is 0 Å². The van der Waals surface area contributed by atoms with Gasteiger partial charge in [0.1, 0.15) is 11.8 Å². The van der Waals surface area contributed by atoms with Crippen LogP contribution in [0.5, 0.6) is 5.75 Å². The van der Waals surface area contributed by atoms with E-state index in [0.29, 0.717) is 67.3 Å². The lowest BCUT2D eigenvalue weighted by Gasteiger charge is -2.43. The Bertz CT molecular complexity index is 2320. The molecule has 0 radical (unpaired) electrons. The SMILES string of the molecule is CCc1nc(C(N)=O)c(Nc2ccc(N3CCC(N4CCN(C(=O)CCCCCNc5ccc6c(c5)C(=O)N(C5CCC(=O)NC5=O)C6=O)CC4)CC3)c(OC)c2)nc1NC1CCOCC1. The number of nitrogens with zero attached hydrogens (tertiary/aromatic N) is 6. The van der Waals surface area contributed by atoms with Gasteiger partial charge in [-0.05, 0) is 81.7 Å². The summed E-state index contributed by atoms with van der Waals surface area (Å²) in [4.78, 5) is 93.0. The number of imide groups is 2. The zero-order valence-corrected chi connectivity index (χ0v) is 37.9. The minimum atomic E-state index is -0.996. The molecule has 6 amide bonds. The Labute approximate surface area is 384 Å². The van der Waals surface area contributed by atoms with E-state index in [4.69, 9.17) is 20.2 Å². The van der Waals surface area contributed by atoms with Gasteiger partial charge in [0.25, 0.3) is 17.7 Å². The summed E-state index contributed by atoms with van der Waals surface area (Å²) in [5.74, 6) is -0.942. The van der Waals surface area contributed by atoms with Gasteiger partial charge >= 0.3 is 0 Å². The number of carbonyl (C=O) groups excluding carboxylic acids is 6. The summed E-state index contributed by atoms with van der Waals surface area (Å²) in [5, 5.41) is 12.3. The zero-order valence-electron chi connectivity index (χ0n) is 37.9. The van der Waals surface area contributed by atoms with Crippen molar-refractivity contribution in [2.45, 2.75) is 95.7 Å². The lowest BCUT2D eigenvalue weighted by atomic mass is 10.0. The number of benzene rings is 2. The van der Waals surface area contributed by atoms with Gasteiger partial charge in [-0.15, -0.1) is 0 Å². The Hall–Kier alpha value is -6.34. The molecule has 4 fully saturated rings. The van der Waals surface area contributed by atoms with Crippen LogP contribution in [0, 0.1) is 0 Å². The first-order chi connectivity index (χ1) is 32.0. The maximum Gasteiger partial charge on any atom is 0.271 e. The van der Waals surface area contributed by atoms with Crippen molar-refractivity contribution in [1.29, 1.82) is 0 Å². The van der Waals surface area contributed by atoms with Crippen molar-refractivity contribution in [3.8, 4) is 5.75 Å². The zero-order chi connectivity index (χ0) is 46.3. The van der Waals surface area contributed by atoms with Crippen LogP contribution in [0.1, 0.15) is 108 Å². The number of piperidine rings is 2. The topological polar surface area (TPSA) is 234 Å². The molecule has 1 unspecified atom stereocenters. The molecule has 6 N–H and O–H groups in total. The van der Waals surface area contributed by atoms with Gasteiger partial charge in [0.05, 0.1) is 29.6 Å². The van der Waals surface area contributed by atoms with Crippen LogP contribution in [0.4, 0.5) is 28.7 Å². The van der Waals surface area contributed by atoms with Crippen LogP contribution in [-0.2, 0) is 25.5 Å². The van der Waals surface area contributed by atoms with E-state index in [1.54, 1.807) is 25.3 Å². The number of unbranched alkanes of at least 4 members (excludes halogenated alkanes) is 2. The van der Waals surface area contributed by atoms with E-state index < -0.39 is 35.6 Å². The molecule has 4 saturated heterocycles. The predicted octanol–water partition coefficient (Wildman–Crippen LogP) is 3.67. The second-order valence-corrected chi connectivity index (χ2v) is 17.6. The standard InChI is InChI=1S/C47H61N11O8/c1-3-35-43(50-29-16-25-66-26-17-29)54-44(41(52-35)42(48)61)51-31-9-11-36(38(28-31)65-2)56-19-14-32(15-20-56)55-21-23-57(24-22-55)40(60)7-5-4-6-18-49-30-8-10-33-34(27-30)47(64)58(46(33)63)37-12-13-39(59)53-45(37)62/h8-11,27-29,32,37,49H,3-7,12-26H2,1-2H3,(H2,48,61)(H2,50,51,54)(H,53,59,62). The summed E-state index contributed by atoms with van der Waals surface area (Å²) in [5.41, 5.74) is 9.42. The van der Waals surface area contributed by atoms with E-state index in [2.05, 4.69) is 36.1 Å². The fraction of sp³-hybridized carbons (Fsp3) is 0.532. The summed E-state index contributed by atoms with van der Waals surface area (Å²) in [6.45, 7) is 8.86. The number of nitrogens with one attached hydrogen (secondary N) is 4. The Balaban J connectivity index is 0.751. The smallest absolute Gasteiger partial charge is 0.271 e. The molecule has 6 heterocycles. The molecule has 19 heteroatoms. The summed E-state index contributed by atoms with van der Waals surface area (Å²) < 4.78 is 11.4. The largest absolute Gasteiger partial charge is 0.495 e. The molecule has 8 rings (SSSR count). The van der Waals surface area contributed by atoms with Gasteiger partial charge in [0, 0.05) is 101 Å². The van der Waals surface area contributed by atoms with Crippen molar-refractivity contribution < 1.29 is 38.2 Å². The van der Waals surface area contributed by atoms with Crippen molar-refractivity contribution in [2.75, 3.05) is 87.0 Å². The maximum absolute atomic E-state index is 13.2. The van der Waals surface area contributed by atoms with E-state index in [0.717, 1.165) is 94.8 Å². The highest BCUT2D eigenvalue weighted by Gasteiger charge is 2.44. The molecule has 1 aromatic heterocycles. The van der Waals surface area contributed by atoms with Gasteiger partial charge in [0.2, 0.25) is 17.7 Å². The third-order valence-corrected chi connectivity index (χ3v) is 13.4. The number of piperazine rings is 1. The van der Waals surface area contributed by atoms with E-state index in [1.165, 1.54) is 0 Å². The summed E-state index contributed by atoms with van der Waals surface area (Å²) >= 11 is 0. The average Bonchev–Trinajstić information content (AvgIpc) is 3.57. The number of aryl methyl sites for hydroxylation is 1. The molecule has 19 nitrogen and oxygen atoms in total. The summed E-state index contributed by atoms with van der Waals surface area (Å²) in [6, 6.07) is 10.5. The first-order valence-electron chi connectivity index (χ1n) is 23.4. The molecule has 0 spiro atoms. The first kappa shape index (κ1) is 46.2. The summed E-state index contributed by atoms with van der Waals surface area (Å²) in [6.07, 6.45) is 7.46. The van der Waals surface area contributed by atoms with Crippen LogP contribution in [-0.4, -0.2) is 144 Å². The van der Waals surface area contributed by atoms with Gasteiger partial charge in [-0.3, -0.25) is 43.9 Å². The predicted molar refractivity (Wildman–Crippen MR) is 247 cm³/mol. The monoisotopic (exact) mass is 907 g/mol. The van der Waals surface area contributed by atoms with E-state index >= 15 is 0 Å². The first-order valence-corrected chi connectivity index (χ1v) is 23.4. The maximum atomic E-state index is 13.2. The molecule has 3 aromatic rings. The van der Waals surface area contributed by atoms with Gasteiger partial charge in [-0.2, -0.15) is 0 Å². The summed E-state index contributed by atoms with van der Waals surface area (Å²) in [7, 11) is 1.66. The number of nitrogens with two attached hydrogens (primary N) is 1. The quantitative estimate of drug-likeness (QED) is 0.0961. The van der Waals surface area contributed by atoms with Gasteiger partial charge in [-0.25, -0.2) is 9.97 Å². The number of hydrogen-bond acceptors (Lipinski definition) is 15. The number of amides is 6. The number of carbonyl (C=O) groups is 6. The lowest BCUT2D eigenvalue weighted by Crippen LogP contribution is -2.54. The minimum Gasteiger partial charge on any atom is -0.495 e. The van der Waals surface area contributed by atoms with Crippen LogP contribution >= 0.6 is 0 Å². The third-order valence-electron chi connectivity index (χ3n) is 13.4. The lowest BCUT2D eigenvalue weighted by molar-refractivity contribution is -0.136. The molecule has 0 saturated carbocycles. The Kier molecular flexibility index (Phi) is 14.6. The number of methoxy groups -OCH3 is 1. The van der Waals surface area contributed by atoms with Crippen LogP contribution in [0.2, 0.25) is 0 Å². The number of anilines is 5. The van der Waals surface area contributed by atoms with Crippen molar-refractivity contribution in [3.05, 3.63) is 58.9 Å². The molecule has 5 aliphatic heterocycles. The number of rotatable bonds is 17. The van der Waals surface area contributed by atoms with Gasteiger partial charge < -0.3 is 41.0 Å². The second-order valence-electron chi connectivity index (χ2n) is 17.6. The molecule has 0 aliphatic carbocycles. The van der Waals surface area contributed by atoms with E-state index in [1.807, 2.05) is 30.0 Å². The van der Waals surface area contributed by atoms with Crippen molar-refractivity contribution in [3.63, 3.8) is 0 Å². The Morgan fingerprint density at radius 2 is 1.59 bits per heavy atom. The molecular weight excluding hydrogens is 847 g/mol.